The molecule has 0 aromatic carbocycles. The predicted molar refractivity (Wildman–Crippen MR) is 64.4 cm³/mol. The highest BCUT2D eigenvalue weighted by Gasteiger charge is 2.33. The Morgan fingerprint density at radius 2 is 2.14 bits per heavy atom. The van der Waals surface area contributed by atoms with E-state index >= 15 is 0 Å². The first-order chi connectivity index (χ1) is 6.74. The molecule has 1 heterocycles. The molecule has 2 heteroatoms. The van der Waals surface area contributed by atoms with Crippen LogP contribution >= 0.6 is 22.9 Å². The minimum Gasteiger partial charge on any atom is -0.149 e. The van der Waals surface area contributed by atoms with Gasteiger partial charge in [-0.05, 0) is 48.6 Å². The van der Waals surface area contributed by atoms with Crippen molar-refractivity contribution in [2.24, 2.45) is 5.41 Å². The standard InChI is InChI=1S/C12H17ClS/c1-10-6-11(8-14-10)7-12(9-13)4-2-3-5-12/h6,8H,2-5,7,9H2,1H3. The molecule has 0 N–H and O–H groups in total. The van der Waals surface area contributed by atoms with Gasteiger partial charge in [0.05, 0.1) is 0 Å². The SMILES string of the molecule is Cc1cc(CC2(CCl)CCCC2)cs1. The lowest BCUT2D eigenvalue weighted by molar-refractivity contribution is 0.341. The Hall–Kier alpha value is -0.0100. The van der Waals surface area contributed by atoms with Crippen molar-refractivity contribution in [3.63, 3.8) is 0 Å². The number of halogens is 1. The van der Waals surface area contributed by atoms with Crippen LogP contribution in [-0.4, -0.2) is 5.88 Å². The second kappa shape index (κ2) is 4.24. The zero-order valence-corrected chi connectivity index (χ0v) is 10.3. The Kier molecular flexibility index (Phi) is 3.18. The second-order valence-electron chi connectivity index (χ2n) is 4.58. The molecule has 14 heavy (non-hydrogen) atoms. The van der Waals surface area contributed by atoms with E-state index in [1.165, 1.54) is 42.5 Å². The molecule has 0 unspecified atom stereocenters. The van der Waals surface area contributed by atoms with E-state index in [1.54, 1.807) is 0 Å². The van der Waals surface area contributed by atoms with Gasteiger partial charge in [-0.3, -0.25) is 0 Å². The molecule has 1 aliphatic carbocycles. The van der Waals surface area contributed by atoms with Gasteiger partial charge < -0.3 is 0 Å². The zero-order chi connectivity index (χ0) is 10.0. The van der Waals surface area contributed by atoms with Crippen molar-refractivity contribution in [3.8, 4) is 0 Å². The van der Waals surface area contributed by atoms with Gasteiger partial charge in [0.25, 0.3) is 0 Å². The highest BCUT2D eigenvalue weighted by molar-refractivity contribution is 7.10. The first-order valence-corrected chi connectivity index (χ1v) is 6.76. The number of alkyl halides is 1. The molecule has 2 rings (SSSR count). The third kappa shape index (κ3) is 2.14. The third-order valence-corrected chi connectivity index (χ3v) is 4.79. The van der Waals surface area contributed by atoms with Crippen LogP contribution in [0.5, 0.6) is 0 Å². The molecule has 1 fully saturated rings. The quantitative estimate of drug-likeness (QED) is 0.673. The molecule has 78 valence electrons. The van der Waals surface area contributed by atoms with Gasteiger partial charge >= 0.3 is 0 Å². The van der Waals surface area contributed by atoms with Crippen LogP contribution < -0.4 is 0 Å². The van der Waals surface area contributed by atoms with Crippen LogP contribution in [0.15, 0.2) is 11.4 Å². The first kappa shape index (κ1) is 10.5. The Balaban J connectivity index is 2.08. The normalized spacial score (nSPS) is 20.1. The minimum atomic E-state index is 0.426. The van der Waals surface area contributed by atoms with E-state index in [0.717, 1.165) is 5.88 Å². The van der Waals surface area contributed by atoms with Crippen LogP contribution in [0.2, 0.25) is 0 Å². The van der Waals surface area contributed by atoms with Crippen molar-refractivity contribution in [2.75, 3.05) is 5.88 Å². The summed E-state index contributed by atoms with van der Waals surface area (Å²) in [4.78, 5) is 1.42. The van der Waals surface area contributed by atoms with E-state index in [2.05, 4.69) is 18.4 Å². The van der Waals surface area contributed by atoms with Gasteiger partial charge in [0, 0.05) is 10.8 Å². The second-order valence-corrected chi connectivity index (χ2v) is 5.97. The minimum absolute atomic E-state index is 0.426. The monoisotopic (exact) mass is 228 g/mol. The summed E-state index contributed by atoms with van der Waals surface area (Å²) >= 11 is 7.98. The zero-order valence-electron chi connectivity index (χ0n) is 8.68. The molecule has 1 aromatic rings. The van der Waals surface area contributed by atoms with Crippen LogP contribution in [0.4, 0.5) is 0 Å². The summed E-state index contributed by atoms with van der Waals surface area (Å²) in [7, 11) is 0. The van der Waals surface area contributed by atoms with Gasteiger partial charge in [-0.25, -0.2) is 0 Å². The smallest absolute Gasteiger partial charge is 0.0283 e. The van der Waals surface area contributed by atoms with Crippen LogP contribution in [0.1, 0.15) is 36.1 Å². The van der Waals surface area contributed by atoms with Crippen LogP contribution in [-0.2, 0) is 6.42 Å². The lowest BCUT2D eigenvalue weighted by Crippen LogP contribution is -2.21. The van der Waals surface area contributed by atoms with Gasteiger partial charge in [0.2, 0.25) is 0 Å². The molecular weight excluding hydrogens is 212 g/mol. The average molecular weight is 229 g/mol. The van der Waals surface area contributed by atoms with Crippen molar-refractivity contribution < 1.29 is 0 Å². The molecule has 1 saturated carbocycles. The van der Waals surface area contributed by atoms with E-state index in [1.807, 2.05) is 11.3 Å². The van der Waals surface area contributed by atoms with Crippen molar-refractivity contribution in [1.29, 1.82) is 0 Å². The molecule has 0 atom stereocenters. The summed E-state index contributed by atoms with van der Waals surface area (Å²) in [6.45, 7) is 2.18. The van der Waals surface area contributed by atoms with E-state index in [0.29, 0.717) is 5.41 Å². The molecule has 0 amide bonds. The lowest BCUT2D eigenvalue weighted by atomic mass is 9.82. The van der Waals surface area contributed by atoms with Crippen LogP contribution in [0.25, 0.3) is 0 Å². The lowest BCUT2D eigenvalue weighted by Gasteiger charge is -2.25. The maximum atomic E-state index is 6.12. The van der Waals surface area contributed by atoms with Gasteiger partial charge in [0.1, 0.15) is 0 Å². The fourth-order valence-corrected chi connectivity index (χ4v) is 3.58. The third-order valence-electron chi connectivity index (χ3n) is 3.31. The van der Waals surface area contributed by atoms with E-state index in [9.17, 15) is 0 Å². The van der Waals surface area contributed by atoms with Gasteiger partial charge in [0.15, 0.2) is 0 Å². The molecule has 0 saturated heterocycles. The molecule has 1 aromatic heterocycles. The summed E-state index contributed by atoms with van der Waals surface area (Å²) in [6.07, 6.45) is 6.59. The number of hydrogen-bond acceptors (Lipinski definition) is 1. The average Bonchev–Trinajstić information content (AvgIpc) is 2.77. The topological polar surface area (TPSA) is 0 Å². The summed E-state index contributed by atoms with van der Waals surface area (Å²) in [6, 6.07) is 2.32. The number of aryl methyl sites for hydroxylation is 1. The van der Waals surface area contributed by atoms with Crippen molar-refractivity contribution >= 4 is 22.9 Å². The highest BCUT2D eigenvalue weighted by Crippen LogP contribution is 2.42. The first-order valence-electron chi connectivity index (χ1n) is 5.34. The fraction of sp³-hybridized carbons (Fsp3) is 0.667. The van der Waals surface area contributed by atoms with E-state index < -0.39 is 0 Å². The van der Waals surface area contributed by atoms with Gasteiger partial charge in [-0.2, -0.15) is 0 Å². The predicted octanol–water partition coefficient (Wildman–Crippen LogP) is 4.40. The van der Waals surface area contributed by atoms with E-state index in [4.69, 9.17) is 11.6 Å². The van der Waals surface area contributed by atoms with Crippen molar-refractivity contribution in [1.82, 2.24) is 0 Å². The number of rotatable bonds is 3. The largest absolute Gasteiger partial charge is 0.149 e. The summed E-state index contributed by atoms with van der Waals surface area (Å²) in [5.74, 6) is 0.835. The van der Waals surface area contributed by atoms with Crippen molar-refractivity contribution in [3.05, 3.63) is 21.9 Å². The highest BCUT2D eigenvalue weighted by atomic mass is 35.5. The molecule has 1 aliphatic rings. The Labute approximate surface area is 95.3 Å². The summed E-state index contributed by atoms with van der Waals surface area (Å²) in [5, 5.41) is 2.29. The number of hydrogen-bond donors (Lipinski definition) is 0. The Morgan fingerprint density at radius 3 is 2.64 bits per heavy atom. The molecular formula is C12H17ClS. The van der Waals surface area contributed by atoms with Crippen LogP contribution in [0.3, 0.4) is 0 Å². The Morgan fingerprint density at radius 1 is 1.43 bits per heavy atom. The van der Waals surface area contributed by atoms with Gasteiger partial charge in [-0.15, -0.1) is 22.9 Å². The molecule has 0 nitrogen and oxygen atoms in total. The van der Waals surface area contributed by atoms with Crippen LogP contribution in [0, 0.1) is 12.3 Å². The number of thiophene rings is 1. The molecule has 0 aliphatic heterocycles. The molecule has 0 radical (unpaired) electrons. The molecule has 0 spiro atoms. The van der Waals surface area contributed by atoms with E-state index in [-0.39, 0.29) is 0 Å². The fourth-order valence-electron chi connectivity index (χ4n) is 2.51. The maximum absolute atomic E-state index is 6.12. The molecule has 0 bridgehead atoms. The maximum Gasteiger partial charge on any atom is 0.0283 e. The van der Waals surface area contributed by atoms with Gasteiger partial charge in [-0.1, -0.05) is 12.8 Å². The Bertz CT molecular complexity index is 297. The van der Waals surface area contributed by atoms with Crippen molar-refractivity contribution in [2.45, 2.75) is 39.0 Å². The summed E-state index contributed by atoms with van der Waals surface area (Å²) < 4.78 is 0. The summed E-state index contributed by atoms with van der Waals surface area (Å²) in [5.41, 5.74) is 1.92.